The lowest BCUT2D eigenvalue weighted by Gasteiger charge is -2.06. The van der Waals surface area contributed by atoms with E-state index in [1.165, 1.54) is 11.8 Å². The van der Waals surface area contributed by atoms with Crippen LogP contribution < -0.4 is 0 Å². The van der Waals surface area contributed by atoms with Crippen molar-refractivity contribution >= 4 is 23.5 Å². The van der Waals surface area contributed by atoms with Crippen LogP contribution in [-0.2, 0) is 4.74 Å². The molecule has 0 atom stereocenters. The van der Waals surface area contributed by atoms with Crippen molar-refractivity contribution in [3.8, 4) is 0 Å². The summed E-state index contributed by atoms with van der Waals surface area (Å²) in [6, 6.07) is 5.15. The standard InChI is InChI=1S/C13H16O3S/c1-4-12(14)9-6-10(13(15)16-5-2)8-11(7-9)17-3/h6-8H,4-5H2,1-3H3. The lowest BCUT2D eigenvalue weighted by Crippen LogP contribution is -2.07. The third-order valence-electron chi connectivity index (χ3n) is 2.30. The molecule has 0 bridgehead atoms. The Kier molecular flexibility index (Phi) is 5.22. The van der Waals surface area contributed by atoms with E-state index >= 15 is 0 Å². The number of hydrogen-bond donors (Lipinski definition) is 0. The number of hydrogen-bond acceptors (Lipinski definition) is 4. The topological polar surface area (TPSA) is 43.4 Å². The summed E-state index contributed by atoms with van der Waals surface area (Å²) in [5.74, 6) is -0.347. The number of thioether (sulfide) groups is 1. The summed E-state index contributed by atoms with van der Waals surface area (Å²) in [5.41, 5.74) is 1.01. The van der Waals surface area contributed by atoms with Crippen LogP contribution in [0.3, 0.4) is 0 Å². The summed E-state index contributed by atoms with van der Waals surface area (Å²) in [7, 11) is 0. The normalized spacial score (nSPS) is 10.1. The number of esters is 1. The minimum atomic E-state index is -0.381. The van der Waals surface area contributed by atoms with Crippen molar-refractivity contribution in [1.82, 2.24) is 0 Å². The molecule has 0 saturated carbocycles. The Hall–Kier alpha value is -1.29. The van der Waals surface area contributed by atoms with E-state index in [1.807, 2.05) is 6.26 Å². The van der Waals surface area contributed by atoms with Gasteiger partial charge in [-0.3, -0.25) is 4.79 Å². The number of ether oxygens (including phenoxy) is 1. The van der Waals surface area contributed by atoms with Crippen LogP contribution in [0.5, 0.6) is 0 Å². The molecule has 0 aromatic heterocycles. The highest BCUT2D eigenvalue weighted by Crippen LogP contribution is 2.20. The third-order valence-corrected chi connectivity index (χ3v) is 3.00. The molecule has 0 fully saturated rings. The van der Waals surface area contributed by atoms with Gasteiger partial charge in [-0.2, -0.15) is 0 Å². The van der Waals surface area contributed by atoms with Gasteiger partial charge in [0.25, 0.3) is 0 Å². The molecule has 92 valence electrons. The van der Waals surface area contributed by atoms with Crippen LogP contribution in [0.4, 0.5) is 0 Å². The summed E-state index contributed by atoms with van der Waals surface area (Å²) in [4.78, 5) is 24.2. The van der Waals surface area contributed by atoms with Gasteiger partial charge in [0.1, 0.15) is 0 Å². The highest BCUT2D eigenvalue weighted by molar-refractivity contribution is 7.98. The fraction of sp³-hybridized carbons (Fsp3) is 0.385. The lowest BCUT2D eigenvalue weighted by molar-refractivity contribution is 0.0526. The Morgan fingerprint density at radius 1 is 1.18 bits per heavy atom. The van der Waals surface area contributed by atoms with Crippen LogP contribution in [-0.4, -0.2) is 24.6 Å². The van der Waals surface area contributed by atoms with Crippen molar-refractivity contribution in [3.63, 3.8) is 0 Å². The monoisotopic (exact) mass is 252 g/mol. The van der Waals surface area contributed by atoms with Gasteiger partial charge in [0, 0.05) is 16.9 Å². The summed E-state index contributed by atoms with van der Waals surface area (Å²) >= 11 is 1.50. The SMILES string of the molecule is CCOC(=O)c1cc(SC)cc(C(=O)CC)c1. The second-order valence-corrected chi connectivity index (χ2v) is 4.33. The van der Waals surface area contributed by atoms with Crippen LogP contribution in [0, 0.1) is 0 Å². The fourth-order valence-corrected chi connectivity index (χ4v) is 1.90. The van der Waals surface area contributed by atoms with E-state index in [9.17, 15) is 9.59 Å². The molecule has 0 aliphatic heterocycles. The molecule has 0 spiro atoms. The molecule has 0 aliphatic carbocycles. The van der Waals surface area contributed by atoms with Gasteiger partial charge in [-0.1, -0.05) is 6.92 Å². The van der Waals surface area contributed by atoms with Crippen LogP contribution in [0.1, 0.15) is 41.0 Å². The van der Waals surface area contributed by atoms with Crippen LogP contribution in [0.15, 0.2) is 23.1 Å². The summed E-state index contributed by atoms with van der Waals surface area (Å²) in [6.45, 7) is 3.89. The molecule has 3 nitrogen and oxygen atoms in total. The molecule has 0 aliphatic rings. The van der Waals surface area contributed by atoms with E-state index < -0.39 is 0 Å². The first-order valence-corrected chi connectivity index (χ1v) is 6.74. The summed E-state index contributed by atoms with van der Waals surface area (Å²) < 4.78 is 4.94. The van der Waals surface area contributed by atoms with Crippen molar-refractivity contribution in [2.45, 2.75) is 25.2 Å². The molecular weight excluding hydrogens is 236 g/mol. The van der Waals surface area contributed by atoms with E-state index in [0.29, 0.717) is 24.2 Å². The number of Topliss-reactive ketones (excluding diaryl/α,β-unsaturated/α-hetero) is 1. The minimum absolute atomic E-state index is 0.0337. The summed E-state index contributed by atoms with van der Waals surface area (Å²) in [6.07, 6.45) is 2.34. The molecule has 1 aromatic rings. The number of ketones is 1. The molecule has 0 N–H and O–H groups in total. The van der Waals surface area contributed by atoms with E-state index in [0.717, 1.165) is 4.90 Å². The van der Waals surface area contributed by atoms with Crippen LogP contribution >= 0.6 is 11.8 Å². The van der Waals surface area contributed by atoms with Gasteiger partial charge in [-0.25, -0.2) is 4.79 Å². The first-order chi connectivity index (χ1) is 8.12. The smallest absolute Gasteiger partial charge is 0.338 e. The molecule has 1 aromatic carbocycles. The lowest BCUT2D eigenvalue weighted by atomic mass is 10.1. The minimum Gasteiger partial charge on any atom is -0.462 e. The quantitative estimate of drug-likeness (QED) is 0.458. The maximum absolute atomic E-state index is 11.7. The van der Waals surface area contributed by atoms with E-state index in [1.54, 1.807) is 32.0 Å². The Balaban J connectivity index is 3.13. The van der Waals surface area contributed by atoms with Crippen molar-refractivity contribution in [3.05, 3.63) is 29.3 Å². The highest BCUT2D eigenvalue weighted by atomic mass is 32.2. The van der Waals surface area contributed by atoms with Crippen molar-refractivity contribution in [2.75, 3.05) is 12.9 Å². The van der Waals surface area contributed by atoms with Crippen LogP contribution in [0.2, 0.25) is 0 Å². The third kappa shape index (κ3) is 3.60. The van der Waals surface area contributed by atoms with Gasteiger partial charge in [0.05, 0.1) is 12.2 Å². The molecule has 0 saturated heterocycles. The van der Waals surface area contributed by atoms with Gasteiger partial charge >= 0.3 is 5.97 Å². The fourth-order valence-electron chi connectivity index (χ4n) is 1.41. The number of benzene rings is 1. The number of carbonyl (C=O) groups is 2. The van der Waals surface area contributed by atoms with Gasteiger partial charge in [0.2, 0.25) is 0 Å². The van der Waals surface area contributed by atoms with E-state index in [2.05, 4.69) is 0 Å². The number of carbonyl (C=O) groups excluding carboxylic acids is 2. The van der Waals surface area contributed by atoms with Gasteiger partial charge in [0.15, 0.2) is 5.78 Å². The first kappa shape index (κ1) is 13.8. The summed E-state index contributed by atoms with van der Waals surface area (Å²) in [5, 5.41) is 0. The van der Waals surface area contributed by atoms with Crippen molar-refractivity contribution < 1.29 is 14.3 Å². The average molecular weight is 252 g/mol. The number of rotatable bonds is 5. The Bertz CT molecular complexity index is 427. The maximum Gasteiger partial charge on any atom is 0.338 e. The van der Waals surface area contributed by atoms with E-state index in [4.69, 9.17) is 4.74 Å². The first-order valence-electron chi connectivity index (χ1n) is 5.51. The molecule has 0 heterocycles. The largest absolute Gasteiger partial charge is 0.462 e. The van der Waals surface area contributed by atoms with Gasteiger partial charge in [-0.05, 0) is 31.4 Å². The Morgan fingerprint density at radius 3 is 2.35 bits per heavy atom. The maximum atomic E-state index is 11.7. The predicted molar refractivity (Wildman–Crippen MR) is 68.8 cm³/mol. The molecule has 4 heteroatoms. The van der Waals surface area contributed by atoms with Gasteiger partial charge < -0.3 is 4.74 Å². The zero-order chi connectivity index (χ0) is 12.8. The van der Waals surface area contributed by atoms with Gasteiger partial charge in [-0.15, -0.1) is 11.8 Å². The van der Waals surface area contributed by atoms with Crippen LogP contribution in [0.25, 0.3) is 0 Å². The molecule has 0 unspecified atom stereocenters. The van der Waals surface area contributed by atoms with Crippen molar-refractivity contribution in [2.24, 2.45) is 0 Å². The highest BCUT2D eigenvalue weighted by Gasteiger charge is 2.12. The zero-order valence-electron chi connectivity index (χ0n) is 10.3. The average Bonchev–Trinajstić information content (AvgIpc) is 2.37. The van der Waals surface area contributed by atoms with E-state index in [-0.39, 0.29) is 11.8 Å². The second kappa shape index (κ2) is 6.45. The molecule has 0 radical (unpaired) electrons. The zero-order valence-corrected chi connectivity index (χ0v) is 11.1. The molecule has 17 heavy (non-hydrogen) atoms. The molecule has 1 rings (SSSR count). The Morgan fingerprint density at radius 2 is 1.82 bits per heavy atom. The molecular formula is C13H16O3S. The molecule has 0 amide bonds. The second-order valence-electron chi connectivity index (χ2n) is 3.45. The van der Waals surface area contributed by atoms with Crippen molar-refractivity contribution in [1.29, 1.82) is 0 Å². The predicted octanol–water partition coefficient (Wildman–Crippen LogP) is 3.18. The Labute approximate surface area is 106 Å².